The first kappa shape index (κ1) is 15.1. The second kappa shape index (κ2) is 6.85. The molecule has 1 aromatic heterocycles. The fourth-order valence-electron chi connectivity index (χ4n) is 1.66. The molecule has 0 aliphatic heterocycles. The molecule has 0 saturated heterocycles. The summed E-state index contributed by atoms with van der Waals surface area (Å²) in [4.78, 5) is 20.6. The van der Waals surface area contributed by atoms with Crippen LogP contribution in [0.4, 0.5) is 5.13 Å². The summed E-state index contributed by atoms with van der Waals surface area (Å²) in [5, 5.41) is 0.963. The van der Waals surface area contributed by atoms with Gasteiger partial charge in [-0.15, -0.1) is 0 Å². The molecule has 0 atom stereocenters. The third-order valence-electron chi connectivity index (χ3n) is 2.60. The summed E-state index contributed by atoms with van der Waals surface area (Å²) < 4.78 is 0. The first-order valence-corrected chi connectivity index (χ1v) is 7.08. The Morgan fingerprint density at radius 3 is 2.44 bits per heavy atom. The van der Waals surface area contributed by atoms with E-state index in [-0.39, 0.29) is 0 Å². The van der Waals surface area contributed by atoms with E-state index in [1.165, 1.54) is 11.3 Å². The minimum atomic E-state index is 0.580. The Kier molecular flexibility index (Phi) is 5.75. The van der Waals surface area contributed by atoms with Gasteiger partial charge in [0.1, 0.15) is 0 Å². The van der Waals surface area contributed by atoms with Gasteiger partial charge in [-0.05, 0) is 26.9 Å². The average Bonchev–Trinajstić information content (AvgIpc) is 2.65. The summed E-state index contributed by atoms with van der Waals surface area (Å²) >= 11 is 1.49. The maximum Gasteiger partial charge on any atom is 0.186 e. The van der Waals surface area contributed by atoms with Crippen LogP contribution in [0.5, 0.6) is 0 Å². The highest BCUT2D eigenvalue weighted by molar-refractivity contribution is 7.17. The molecule has 0 spiro atoms. The van der Waals surface area contributed by atoms with Gasteiger partial charge in [-0.2, -0.15) is 0 Å². The summed E-state index contributed by atoms with van der Waals surface area (Å²) in [7, 11) is 4.13. The molecule has 102 valence electrons. The third-order valence-corrected chi connectivity index (χ3v) is 3.75. The van der Waals surface area contributed by atoms with Crippen LogP contribution in [-0.4, -0.2) is 49.9 Å². The Labute approximate surface area is 114 Å². The predicted molar refractivity (Wildman–Crippen MR) is 77.8 cm³/mol. The summed E-state index contributed by atoms with van der Waals surface area (Å²) in [5.41, 5.74) is 0.837. The first-order valence-electron chi connectivity index (χ1n) is 6.26. The van der Waals surface area contributed by atoms with Crippen LogP contribution in [0.2, 0.25) is 0 Å². The van der Waals surface area contributed by atoms with Crippen LogP contribution < -0.4 is 4.90 Å². The maximum absolute atomic E-state index is 10.9. The number of anilines is 1. The lowest BCUT2D eigenvalue weighted by Gasteiger charge is -2.25. The molecule has 4 nitrogen and oxygen atoms in total. The lowest BCUT2D eigenvalue weighted by molar-refractivity contribution is 0.112. The van der Waals surface area contributed by atoms with Crippen molar-refractivity contribution in [2.45, 2.75) is 20.8 Å². The zero-order chi connectivity index (χ0) is 13.7. The maximum atomic E-state index is 10.9. The SMILES string of the molecule is Cc1nc(N(CCN(C)C)CC(C)C)sc1C=O. The van der Waals surface area contributed by atoms with Gasteiger partial charge in [-0.3, -0.25) is 4.79 Å². The third kappa shape index (κ3) is 4.38. The second-order valence-corrected chi connectivity index (χ2v) is 6.22. The minimum absolute atomic E-state index is 0.580. The number of carbonyl (C=O) groups is 1. The van der Waals surface area contributed by atoms with Crippen molar-refractivity contribution in [3.05, 3.63) is 10.6 Å². The van der Waals surface area contributed by atoms with E-state index < -0.39 is 0 Å². The molecule has 0 amide bonds. The van der Waals surface area contributed by atoms with Crippen molar-refractivity contribution in [3.8, 4) is 0 Å². The molecule has 0 aliphatic rings. The summed E-state index contributed by atoms with van der Waals surface area (Å²) in [6.07, 6.45) is 0.899. The van der Waals surface area contributed by atoms with Gasteiger partial charge in [-0.25, -0.2) is 4.98 Å². The normalized spacial score (nSPS) is 11.3. The van der Waals surface area contributed by atoms with Crippen molar-refractivity contribution in [1.29, 1.82) is 0 Å². The number of carbonyl (C=O) groups excluding carboxylic acids is 1. The van der Waals surface area contributed by atoms with Crippen LogP contribution in [-0.2, 0) is 0 Å². The number of thiazole rings is 1. The van der Waals surface area contributed by atoms with Crippen molar-refractivity contribution in [2.75, 3.05) is 38.6 Å². The highest BCUT2D eigenvalue weighted by Gasteiger charge is 2.15. The fraction of sp³-hybridized carbons (Fsp3) is 0.692. The Morgan fingerprint density at radius 2 is 2.00 bits per heavy atom. The number of nitrogens with zero attached hydrogens (tertiary/aromatic N) is 3. The van der Waals surface area contributed by atoms with Crippen LogP contribution in [0.1, 0.15) is 29.2 Å². The number of aldehydes is 1. The quantitative estimate of drug-likeness (QED) is 0.712. The number of rotatable bonds is 7. The molecule has 0 aromatic carbocycles. The first-order chi connectivity index (χ1) is 8.43. The van der Waals surface area contributed by atoms with Crippen molar-refractivity contribution in [1.82, 2.24) is 9.88 Å². The van der Waals surface area contributed by atoms with E-state index in [2.05, 4.69) is 42.7 Å². The summed E-state index contributed by atoms with van der Waals surface area (Å²) in [6.45, 7) is 9.19. The smallest absolute Gasteiger partial charge is 0.186 e. The number of hydrogen-bond donors (Lipinski definition) is 0. The van der Waals surface area contributed by atoms with Gasteiger partial charge in [0.15, 0.2) is 11.4 Å². The number of likely N-dealkylation sites (N-methyl/N-ethyl adjacent to an activating group) is 1. The summed E-state index contributed by atoms with van der Waals surface area (Å²) in [5.74, 6) is 0.580. The lowest BCUT2D eigenvalue weighted by atomic mass is 10.2. The van der Waals surface area contributed by atoms with E-state index in [1.54, 1.807) is 0 Å². The Bertz CT molecular complexity index is 388. The molecular formula is C13H23N3OS. The lowest BCUT2D eigenvalue weighted by Crippen LogP contribution is -2.34. The van der Waals surface area contributed by atoms with E-state index in [1.807, 2.05) is 6.92 Å². The number of aryl methyl sites for hydroxylation is 1. The van der Waals surface area contributed by atoms with Crippen molar-refractivity contribution in [3.63, 3.8) is 0 Å². The van der Waals surface area contributed by atoms with Gasteiger partial charge in [-0.1, -0.05) is 25.2 Å². The van der Waals surface area contributed by atoms with Gasteiger partial charge in [0.25, 0.3) is 0 Å². The monoisotopic (exact) mass is 269 g/mol. The van der Waals surface area contributed by atoms with Crippen LogP contribution in [0.25, 0.3) is 0 Å². The molecule has 0 aliphatic carbocycles. The molecule has 0 unspecified atom stereocenters. The van der Waals surface area contributed by atoms with Gasteiger partial charge >= 0.3 is 0 Å². The van der Waals surface area contributed by atoms with Crippen LogP contribution in [0, 0.1) is 12.8 Å². The van der Waals surface area contributed by atoms with E-state index in [9.17, 15) is 4.79 Å². The highest BCUT2D eigenvalue weighted by Crippen LogP contribution is 2.25. The van der Waals surface area contributed by atoms with Crippen molar-refractivity contribution >= 4 is 22.8 Å². The molecule has 0 N–H and O–H groups in total. The van der Waals surface area contributed by atoms with Gasteiger partial charge in [0.05, 0.1) is 10.6 Å². The Balaban J connectivity index is 2.82. The van der Waals surface area contributed by atoms with Gasteiger partial charge in [0.2, 0.25) is 0 Å². The summed E-state index contributed by atoms with van der Waals surface area (Å²) in [6, 6.07) is 0. The molecular weight excluding hydrogens is 246 g/mol. The Hall–Kier alpha value is -0.940. The van der Waals surface area contributed by atoms with Gasteiger partial charge < -0.3 is 9.80 Å². The fourth-order valence-corrected chi connectivity index (χ4v) is 2.58. The standard InChI is InChI=1S/C13H23N3OS/c1-10(2)8-16(7-6-15(4)5)13-14-11(3)12(9-17)18-13/h9-10H,6-8H2,1-5H3. The number of hydrogen-bond acceptors (Lipinski definition) is 5. The number of aromatic nitrogens is 1. The molecule has 5 heteroatoms. The molecule has 1 rings (SSSR count). The van der Waals surface area contributed by atoms with E-state index in [4.69, 9.17) is 0 Å². The molecule has 0 saturated carbocycles. The van der Waals surface area contributed by atoms with Crippen molar-refractivity contribution in [2.24, 2.45) is 5.92 Å². The molecule has 0 bridgehead atoms. The van der Waals surface area contributed by atoms with Crippen LogP contribution in [0.3, 0.4) is 0 Å². The van der Waals surface area contributed by atoms with Crippen LogP contribution in [0.15, 0.2) is 0 Å². The predicted octanol–water partition coefficient (Wildman–Crippen LogP) is 2.29. The largest absolute Gasteiger partial charge is 0.347 e. The van der Waals surface area contributed by atoms with Gasteiger partial charge in [0, 0.05) is 19.6 Å². The van der Waals surface area contributed by atoms with Crippen LogP contribution >= 0.6 is 11.3 Å². The second-order valence-electron chi connectivity index (χ2n) is 5.21. The molecule has 1 heterocycles. The van der Waals surface area contributed by atoms with E-state index >= 15 is 0 Å². The molecule has 0 radical (unpaired) electrons. The van der Waals surface area contributed by atoms with Crippen molar-refractivity contribution < 1.29 is 4.79 Å². The minimum Gasteiger partial charge on any atom is -0.347 e. The molecule has 18 heavy (non-hydrogen) atoms. The topological polar surface area (TPSA) is 36.4 Å². The molecule has 0 fully saturated rings. The zero-order valence-electron chi connectivity index (χ0n) is 11.9. The van der Waals surface area contributed by atoms with E-state index in [0.717, 1.165) is 41.6 Å². The highest BCUT2D eigenvalue weighted by atomic mass is 32.1. The molecule has 1 aromatic rings. The van der Waals surface area contributed by atoms with E-state index in [0.29, 0.717) is 5.92 Å². The Morgan fingerprint density at radius 1 is 1.33 bits per heavy atom. The average molecular weight is 269 g/mol. The zero-order valence-corrected chi connectivity index (χ0v) is 12.8.